The standard InChI is InChI=1S/C18H19F4N3OS.HI/c1-23-17(24-9-10-27(26)15-5-3-2-4-6-15)25-12-13-7-8-14(19)11-16(13)18(20,21)22;/h2-8,11H,9-10,12H2,1H3,(H2,23,24,25);1H. The van der Waals surface area contributed by atoms with Gasteiger partial charge in [-0.15, -0.1) is 24.0 Å². The molecule has 0 aliphatic carbocycles. The van der Waals surface area contributed by atoms with Gasteiger partial charge in [0, 0.05) is 30.8 Å². The topological polar surface area (TPSA) is 53.5 Å². The van der Waals surface area contributed by atoms with Gasteiger partial charge in [-0.1, -0.05) is 24.3 Å². The van der Waals surface area contributed by atoms with Crippen molar-refractivity contribution in [2.45, 2.75) is 17.6 Å². The molecule has 0 aliphatic heterocycles. The number of aliphatic imine (C=N–C) groups is 1. The molecule has 2 aromatic carbocycles. The molecular weight excluding hydrogens is 509 g/mol. The molecule has 2 aromatic rings. The Labute approximate surface area is 180 Å². The van der Waals surface area contributed by atoms with Crippen LogP contribution in [-0.4, -0.2) is 29.5 Å². The number of hydrogen-bond acceptors (Lipinski definition) is 2. The molecule has 0 saturated carbocycles. The van der Waals surface area contributed by atoms with Crippen LogP contribution in [0.15, 0.2) is 58.4 Å². The Balaban J connectivity index is 0.00000392. The van der Waals surface area contributed by atoms with Crippen molar-refractivity contribution in [3.8, 4) is 0 Å². The van der Waals surface area contributed by atoms with Crippen LogP contribution in [0.3, 0.4) is 0 Å². The monoisotopic (exact) mass is 529 g/mol. The van der Waals surface area contributed by atoms with E-state index in [-0.39, 0.29) is 42.0 Å². The van der Waals surface area contributed by atoms with E-state index in [0.717, 1.165) is 12.1 Å². The van der Waals surface area contributed by atoms with Gasteiger partial charge in [-0.2, -0.15) is 13.2 Å². The summed E-state index contributed by atoms with van der Waals surface area (Å²) in [5.41, 5.74) is -1.13. The van der Waals surface area contributed by atoms with Gasteiger partial charge in [-0.05, 0) is 29.8 Å². The third-order valence-electron chi connectivity index (χ3n) is 3.63. The number of benzene rings is 2. The van der Waals surface area contributed by atoms with Crippen LogP contribution in [0.2, 0.25) is 0 Å². The molecule has 1 unspecified atom stereocenters. The van der Waals surface area contributed by atoms with Crippen LogP contribution in [0.4, 0.5) is 17.6 Å². The lowest BCUT2D eigenvalue weighted by Crippen LogP contribution is -2.39. The Morgan fingerprint density at radius 2 is 1.79 bits per heavy atom. The van der Waals surface area contributed by atoms with Gasteiger partial charge in [-0.3, -0.25) is 9.20 Å². The van der Waals surface area contributed by atoms with Gasteiger partial charge in [0.15, 0.2) is 5.96 Å². The van der Waals surface area contributed by atoms with Gasteiger partial charge in [0.25, 0.3) is 0 Å². The van der Waals surface area contributed by atoms with Crippen LogP contribution in [0.5, 0.6) is 0 Å². The molecule has 10 heteroatoms. The molecule has 4 nitrogen and oxygen atoms in total. The highest BCUT2D eigenvalue weighted by Crippen LogP contribution is 2.32. The second-order valence-corrected chi connectivity index (χ2v) is 7.09. The van der Waals surface area contributed by atoms with Crippen LogP contribution in [0.25, 0.3) is 0 Å². The van der Waals surface area contributed by atoms with Crippen LogP contribution < -0.4 is 10.6 Å². The van der Waals surface area contributed by atoms with Crippen molar-refractivity contribution in [1.82, 2.24) is 10.6 Å². The summed E-state index contributed by atoms with van der Waals surface area (Å²) in [6.45, 7) is 0.132. The third-order valence-corrected chi connectivity index (χ3v) is 5.01. The molecule has 0 fully saturated rings. The zero-order valence-corrected chi connectivity index (χ0v) is 18.1. The molecule has 0 bridgehead atoms. The molecular formula is C18H20F4IN3OS. The van der Waals surface area contributed by atoms with E-state index in [4.69, 9.17) is 0 Å². The van der Waals surface area contributed by atoms with Crippen molar-refractivity contribution >= 4 is 40.7 Å². The summed E-state index contributed by atoms with van der Waals surface area (Å²) >= 11 is 0. The molecule has 28 heavy (non-hydrogen) atoms. The fourth-order valence-electron chi connectivity index (χ4n) is 2.32. The average Bonchev–Trinajstić information content (AvgIpc) is 2.65. The number of halogens is 5. The molecule has 0 aliphatic rings. The number of nitrogens with zero attached hydrogens (tertiary/aromatic N) is 1. The minimum absolute atomic E-state index is 0. The first-order valence-corrected chi connectivity index (χ1v) is 9.36. The highest BCUT2D eigenvalue weighted by molar-refractivity contribution is 14.0. The minimum atomic E-state index is -4.65. The molecule has 0 aromatic heterocycles. The lowest BCUT2D eigenvalue weighted by atomic mass is 10.1. The molecule has 2 rings (SSSR count). The molecule has 0 heterocycles. The van der Waals surface area contributed by atoms with Gasteiger partial charge < -0.3 is 10.6 Å². The summed E-state index contributed by atoms with van der Waals surface area (Å²) in [5.74, 6) is -0.371. The number of guanidine groups is 1. The quantitative estimate of drug-likeness (QED) is 0.258. The van der Waals surface area contributed by atoms with Crippen LogP contribution in [0.1, 0.15) is 11.1 Å². The van der Waals surface area contributed by atoms with E-state index in [2.05, 4.69) is 15.6 Å². The summed E-state index contributed by atoms with van der Waals surface area (Å²) in [5, 5.41) is 5.65. The lowest BCUT2D eigenvalue weighted by molar-refractivity contribution is -0.138. The second-order valence-electron chi connectivity index (χ2n) is 5.51. The van der Waals surface area contributed by atoms with Gasteiger partial charge in [0.2, 0.25) is 0 Å². The summed E-state index contributed by atoms with van der Waals surface area (Å²) in [6, 6.07) is 11.5. The van der Waals surface area contributed by atoms with E-state index >= 15 is 0 Å². The summed E-state index contributed by atoms with van der Waals surface area (Å²) < 4.78 is 64.3. The van der Waals surface area contributed by atoms with Gasteiger partial charge >= 0.3 is 6.18 Å². The SMILES string of the molecule is CN=C(NCCS(=O)c1ccccc1)NCc1ccc(F)cc1C(F)(F)F.I. The maximum absolute atomic E-state index is 13.1. The molecule has 0 spiro atoms. The Bertz CT molecular complexity index is 816. The largest absolute Gasteiger partial charge is 0.416 e. The number of nitrogens with one attached hydrogen (secondary N) is 2. The summed E-state index contributed by atoms with van der Waals surface area (Å²) in [6.07, 6.45) is -4.65. The molecule has 0 amide bonds. The van der Waals surface area contributed by atoms with Crippen molar-refractivity contribution in [3.63, 3.8) is 0 Å². The third kappa shape index (κ3) is 7.38. The fraction of sp³-hybridized carbons (Fsp3) is 0.278. The number of alkyl halides is 3. The van der Waals surface area contributed by atoms with Crippen molar-refractivity contribution in [2.24, 2.45) is 4.99 Å². The molecule has 0 radical (unpaired) electrons. The molecule has 0 saturated heterocycles. The maximum Gasteiger partial charge on any atom is 0.416 e. The fourth-order valence-corrected chi connectivity index (χ4v) is 3.30. The van der Waals surface area contributed by atoms with Crippen molar-refractivity contribution in [3.05, 3.63) is 65.5 Å². The number of hydrogen-bond donors (Lipinski definition) is 2. The van der Waals surface area contributed by atoms with E-state index in [9.17, 15) is 21.8 Å². The first-order valence-electron chi connectivity index (χ1n) is 8.05. The van der Waals surface area contributed by atoms with E-state index in [1.807, 2.05) is 6.07 Å². The lowest BCUT2D eigenvalue weighted by Gasteiger charge is -2.16. The Kier molecular flexibility index (Phi) is 9.87. The smallest absolute Gasteiger partial charge is 0.355 e. The van der Waals surface area contributed by atoms with Crippen molar-refractivity contribution in [2.75, 3.05) is 19.3 Å². The highest BCUT2D eigenvalue weighted by atomic mass is 127. The van der Waals surface area contributed by atoms with Crippen LogP contribution >= 0.6 is 24.0 Å². The molecule has 1 atom stereocenters. The predicted molar refractivity (Wildman–Crippen MR) is 113 cm³/mol. The minimum Gasteiger partial charge on any atom is -0.355 e. The summed E-state index contributed by atoms with van der Waals surface area (Å²) in [7, 11) is 0.276. The number of rotatable bonds is 6. The highest BCUT2D eigenvalue weighted by Gasteiger charge is 2.33. The first-order chi connectivity index (χ1) is 12.8. The normalized spacial score (nSPS) is 12.8. The first kappa shape index (κ1) is 24.3. The second kappa shape index (κ2) is 11.3. The average molecular weight is 529 g/mol. The van der Waals surface area contributed by atoms with Gasteiger partial charge in [-0.25, -0.2) is 4.39 Å². The predicted octanol–water partition coefficient (Wildman–Crippen LogP) is 3.94. The van der Waals surface area contributed by atoms with Gasteiger partial charge in [0.05, 0.1) is 16.4 Å². The van der Waals surface area contributed by atoms with Crippen molar-refractivity contribution in [1.29, 1.82) is 0 Å². The zero-order chi connectivity index (χ0) is 19.9. The maximum atomic E-state index is 13.1. The molecule has 154 valence electrons. The van der Waals surface area contributed by atoms with E-state index in [1.54, 1.807) is 24.3 Å². The van der Waals surface area contributed by atoms with Gasteiger partial charge in [0.1, 0.15) is 5.82 Å². The van der Waals surface area contributed by atoms with Crippen LogP contribution in [0, 0.1) is 5.82 Å². The van der Waals surface area contributed by atoms with E-state index in [1.165, 1.54) is 7.05 Å². The van der Waals surface area contributed by atoms with Crippen LogP contribution in [-0.2, 0) is 23.5 Å². The van der Waals surface area contributed by atoms with E-state index in [0.29, 0.717) is 23.3 Å². The Morgan fingerprint density at radius 1 is 1.11 bits per heavy atom. The van der Waals surface area contributed by atoms with E-state index < -0.39 is 28.4 Å². The Morgan fingerprint density at radius 3 is 2.39 bits per heavy atom. The Hall–Kier alpha value is -1.69. The summed E-state index contributed by atoms with van der Waals surface area (Å²) in [4.78, 5) is 4.62. The zero-order valence-electron chi connectivity index (χ0n) is 14.9. The molecule has 2 N–H and O–H groups in total. The van der Waals surface area contributed by atoms with Crippen molar-refractivity contribution < 1.29 is 21.8 Å².